The largest absolute Gasteiger partial charge is 0.497 e. The van der Waals surface area contributed by atoms with E-state index in [1.807, 2.05) is 11.0 Å². The number of nitrogens with zero attached hydrogens (tertiary/aromatic N) is 1. The molecule has 1 saturated heterocycles. The zero-order valence-electron chi connectivity index (χ0n) is 18.3. The summed E-state index contributed by atoms with van der Waals surface area (Å²) in [4.78, 5) is 27.0. The maximum Gasteiger partial charge on any atom is 0.342 e. The zero-order valence-corrected chi connectivity index (χ0v) is 18.3. The van der Waals surface area contributed by atoms with E-state index in [0.29, 0.717) is 54.1 Å². The Balaban J connectivity index is 1.79. The average molecular weight is 425 g/mol. The third-order valence-electron chi connectivity index (χ3n) is 5.34. The standard InChI is InChI=1S/C24H27NO6/c1-28-19-7-5-17(6-8-19)23(26)25-11-9-16(10-12-25)13-18-14-20(29-2)15-21(30-3)22(18)24(27)31-4/h5-8,13-15H,9-12H2,1-4H3. The molecule has 0 unspecified atom stereocenters. The van der Waals surface area contributed by atoms with Crippen LogP contribution in [0.4, 0.5) is 0 Å². The van der Waals surface area contributed by atoms with Gasteiger partial charge in [0, 0.05) is 24.7 Å². The minimum atomic E-state index is -0.474. The van der Waals surface area contributed by atoms with E-state index in [0.717, 1.165) is 11.3 Å². The highest BCUT2D eigenvalue weighted by Gasteiger charge is 2.23. The third kappa shape index (κ3) is 4.99. The molecule has 7 nitrogen and oxygen atoms in total. The normalized spacial score (nSPS) is 13.4. The molecule has 164 valence electrons. The van der Waals surface area contributed by atoms with Crippen LogP contribution in [0.2, 0.25) is 0 Å². The van der Waals surface area contributed by atoms with Gasteiger partial charge in [-0.05, 0) is 48.7 Å². The van der Waals surface area contributed by atoms with Gasteiger partial charge in [-0.25, -0.2) is 4.79 Å². The second-order valence-electron chi connectivity index (χ2n) is 7.11. The molecule has 0 aromatic heterocycles. The van der Waals surface area contributed by atoms with Crippen molar-refractivity contribution in [2.75, 3.05) is 41.5 Å². The highest BCUT2D eigenvalue weighted by molar-refractivity contribution is 5.97. The Bertz CT molecular complexity index is 970. The maximum atomic E-state index is 12.8. The molecule has 0 aliphatic carbocycles. The molecule has 31 heavy (non-hydrogen) atoms. The van der Waals surface area contributed by atoms with Gasteiger partial charge in [0.1, 0.15) is 22.8 Å². The molecule has 2 aromatic rings. The number of hydrogen-bond donors (Lipinski definition) is 0. The molecule has 1 heterocycles. The van der Waals surface area contributed by atoms with E-state index in [1.165, 1.54) is 14.2 Å². The number of amides is 1. The van der Waals surface area contributed by atoms with Gasteiger partial charge in [0.15, 0.2) is 0 Å². The van der Waals surface area contributed by atoms with E-state index < -0.39 is 5.97 Å². The number of benzene rings is 2. The summed E-state index contributed by atoms with van der Waals surface area (Å²) < 4.78 is 20.8. The van der Waals surface area contributed by atoms with Gasteiger partial charge in [0.25, 0.3) is 5.91 Å². The molecule has 1 amide bonds. The van der Waals surface area contributed by atoms with Gasteiger partial charge < -0.3 is 23.8 Å². The predicted octanol–water partition coefficient (Wildman–Crippen LogP) is 3.82. The van der Waals surface area contributed by atoms with Crippen molar-refractivity contribution in [1.29, 1.82) is 0 Å². The van der Waals surface area contributed by atoms with Gasteiger partial charge in [-0.15, -0.1) is 0 Å². The number of ether oxygens (including phenoxy) is 4. The summed E-state index contributed by atoms with van der Waals surface area (Å²) in [6.07, 6.45) is 3.39. The van der Waals surface area contributed by atoms with E-state index >= 15 is 0 Å². The van der Waals surface area contributed by atoms with Crippen molar-refractivity contribution in [1.82, 2.24) is 4.90 Å². The Hall–Kier alpha value is -3.48. The summed E-state index contributed by atoms with van der Waals surface area (Å²) in [6, 6.07) is 10.6. The first-order valence-corrected chi connectivity index (χ1v) is 9.97. The highest BCUT2D eigenvalue weighted by Crippen LogP contribution is 2.32. The molecule has 0 spiro atoms. The Kier molecular flexibility index (Phi) is 7.18. The summed E-state index contributed by atoms with van der Waals surface area (Å²) >= 11 is 0. The fraction of sp³-hybridized carbons (Fsp3) is 0.333. The lowest BCUT2D eigenvalue weighted by molar-refractivity contribution is 0.0596. The molecule has 7 heteroatoms. The summed E-state index contributed by atoms with van der Waals surface area (Å²) in [5.74, 6) is 1.22. The topological polar surface area (TPSA) is 74.3 Å². The highest BCUT2D eigenvalue weighted by atomic mass is 16.5. The van der Waals surface area contributed by atoms with Crippen molar-refractivity contribution in [2.45, 2.75) is 12.8 Å². The first-order chi connectivity index (χ1) is 15.0. The number of carbonyl (C=O) groups is 2. The van der Waals surface area contributed by atoms with Crippen molar-refractivity contribution < 1.29 is 28.5 Å². The predicted molar refractivity (Wildman–Crippen MR) is 117 cm³/mol. The Morgan fingerprint density at radius 1 is 0.871 bits per heavy atom. The fourth-order valence-electron chi connectivity index (χ4n) is 3.60. The molecule has 1 aliphatic rings. The molecule has 0 atom stereocenters. The van der Waals surface area contributed by atoms with Gasteiger partial charge in [-0.3, -0.25) is 4.79 Å². The molecule has 1 aliphatic heterocycles. The Labute approximate surface area is 182 Å². The minimum absolute atomic E-state index is 0.00000226. The summed E-state index contributed by atoms with van der Waals surface area (Å²) in [6.45, 7) is 1.21. The van der Waals surface area contributed by atoms with Gasteiger partial charge in [-0.1, -0.05) is 11.6 Å². The number of hydrogen-bond acceptors (Lipinski definition) is 6. The van der Waals surface area contributed by atoms with E-state index in [4.69, 9.17) is 18.9 Å². The zero-order chi connectivity index (χ0) is 22.4. The average Bonchev–Trinajstić information content (AvgIpc) is 2.83. The number of esters is 1. The minimum Gasteiger partial charge on any atom is -0.497 e. The molecule has 2 aromatic carbocycles. The number of carbonyl (C=O) groups excluding carboxylic acids is 2. The van der Waals surface area contributed by atoms with Gasteiger partial charge >= 0.3 is 5.97 Å². The van der Waals surface area contributed by atoms with Crippen molar-refractivity contribution >= 4 is 18.0 Å². The fourth-order valence-corrected chi connectivity index (χ4v) is 3.60. The Morgan fingerprint density at radius 2 is 1.52 bits per heavy atom. The molecule has 1 fully saturated rings. The summed E-state index contributed by atoms with van der Waals surface area (Å²) in [7, 11) is 6.00. The molecule has 0 bridgehead atoms. The van der Waals surface area contributed by atoms with Crippen LogP contribution in [0.3, 0.4) is 0 Å². The van der Waals surface area contributed by atoms with Crippen LogP contribution in [0.15, 0.2) is 42.0 Å². The third-order valence-corrected chi connectivity index (χ3v) is 5.34. The van der Waals surface area contributed by atoms with Gasteiger partial charge in [-0.2, -0.15) is 0 Å². The van der Waals surface area contributed by atoms with Crippen molar-refractivity contribution in [3.63, 3.8) is 0 Å². The second kappa shape index (κ2) is 10.0. The molecule has 0 saturated carbocycles. The van der Waals surface area contributed by atoms with Crippen LogP contribution < -0.4 is 14.2 Å². The van der Waals surface area contributed by atoms with Crippen molar-refractivity contribution in [2.24, 2.45) is 0 Å². The quantitative estimate of drug-likeness (QED) is 0.655. The van der Waals surface area contributed by atoms with Crippen LogP contribution in [0.5, 0.6) is 17.2 Å². The van der Waals surface area contributed by atoms with Crippen LogP contribution >= 0.6 is 0 Å². The first-order valence-electron chi connectivity index (χ1n) is 9.97. The maximum absolute atomic E-state index is 12.8. The summed E-state index contributed by atoms with van der Waals surface area (Å²) in [5, 5.41) is 0. The lowest BCUT2D eigenvalue weighted by atomic mass is 9.97. The second-order valence-corrected chi connectivity index (χ2v) is 7.11. The number of likely N-dealkylation sites (tertiary alicyclic amines) is 1. The van der Waals surface area contributed by atoms with Crippen LogP contribution in [0.1, 0.15) is 39.1 Å². The Morgan fingerprint density at radius 3 is 2.06 bits per heavy atom. The molecular formula is C24H27NO6. The SMILES string of the molecule is COC(=O)c1c(C=C2CCN(C(=O)c3ccc(OC)cc3)CC2)cc(OC)cc1OC. The molecular weight excluding hydrogens is 398 g/mol. The number of methoxy groups -OCH3 is 4. The monoisotopic (exact) mass is 425 g/mol. The van der Waals surface area contributed by atoms with E-state index in [9.17, 15) is 9.59 Å². The smallest absolute Gasteiger partial charge is 0.342 e. The van der Waals surface area contributed by atoms with Gasteiger partial charge in [0.2, 0.25) is 0 Å². The van der Waals surface area contributed by atoms with Gasteiger partial charge in [0.05, 0.1) is 28.4 Å². The lowest BCUT2D eigenvalue weighted by Crippen LogP contribution is -2.36. The van der Waals surface area contributed by atoms with Crippen LogP contribution in [0, 0.1) is 0 Å². The van der Waals surface area contributed by atoms with Crippen molar-refractivity contribution in [3.05, 3.63) is 58.7 Å². The number of rotatable bonds is 6. The molecule has 0 N–H and O–H groups in total. The molecule has 3 rings (SSSR count). The van der Waals surface area contributed by atoms with E-state index in [-0.39, 0.29) is 5.91 Å². The first kappa shape index (κ1) is 22.2. The number of piperidine rings is 1. The van der Waals surface area contributed by atoms with Crippen LogP contribution in [-0.2, 0) is 4.74 Å². The van der Waals surface area contributed by atoms with E-state index in [2.05, 4.69) is 0 Å². The van der Waals surface area contributed by atoms with E-state index in [1.54, 1.807) is 50.6 Å². The summed E-state index contributed by atoms with van der Waals surface area (Å²) in [5.41, 5.74) is 2.81. The lowest BCUT2D eigenvalue weighted by Gasteiger charge is -2.29. The van der Waals surface area contributed by atoms with Crippen molar-refractivity contribution in [3.8, 4) is 17.2 Å². The van der Waals surface area contributed by atoms with Crippen LogP contribution in [0.25, 0.3) is 6.08 Å². The molecule has 0 radical (unpaired) electrons. The van der Waals surface area contributed by atoms with Crippen LogP contribution in [-0.4, -0.2) is 58.3 Å².